The van der Waals surface area contributed by atoms with Gasteiger partial charge in [-0.15, -0.1) is 0 Å². The highest BCUT2D eigenvalue weighted by Gasteiger charge is 2.18. The summed E-state index contributed by atoms with van der Waals surface area (Å²) in [5, 5.41) is 5.58. The molecule has 1 atom stereocenters. The van der Waals surface area contributed by atoms with Gasteiger partial charge in [0.2, 0.25) is 11.8 Å². The number of rotatable bonds is 6. The van der Waals surface area contributed by atoms with E-state index >= 15 is 0 Å². The van der Waals surface area contributed by atoms with Gasteiger partial charge in [0.15, 0.2) is 0 Å². The molecule has 0 aliphatic heterocycles. The molecule has 1 fully saturated rings. The number of nitrogens with one attached hydrogen (secondary N) is 2. The molecule has 5 heteroatoms. The van der Waals surface area contributed by atoms with Crippen LogP contribution in [0, 0.1) is 0 Å². The monoisotopic (exact) mass is 303 g/mol. The average molecular weight is 303 g/mol. The van der Waals surface area contributed by atoms with E-state index in [2.05, 4.69) is 10.6 Å². The molecule has 1 aliphatic rings. The summed E-state index contributed by atoms with van der Waals surface area (Å²) in [4.78, 5) is 23.8. The minimum absolute atomic E-state index is 0.00216. The van der Waals surface area contributed by atoms with Crippen molar-refractivity contribution in [3.05, 3.63) is 35.9 Å². The molecule has 0 saturated heterocycles. The smallest absolute Gasteiger partial charge is 0.239 e. The maximum atomic E-state index is 11.9. The molecule has 0 radical (unpaired) electrons. The number of carbonyl (C=O) groups excluding carboxylic acids is 2. The quantitative estimate of drug-likeness (QED) is 0.736. The average Bonchev–Trinajstić information content (AvgIpc) is 2.54. The zero-order valence-corrected chi connectivity index (χ0v) is 12.9. The first-order chi connectivity index (χ1) is 10.6. The van der Waals surface area contributed by atoms with Crippen LogP contribution in [0.25, 0.3) is 0 Å². The molecule has 4 N–H and O–H groups in total. The highest BCUT2D eigenvalue weighted by atomic mass is 16.2. The van der Waals surface area contributed by atoms with E-state index in [9.17, 15) is 9.59 Å². The van der Waals surface area contributed by atoms with E-state index in [1.807, 2.05) is 30.3 Å². The number of amides is 2. The van der Waals surface area contributed by atoms with E-state index in [1.54, 1.807) is 0 Å². The predicted octanol–water partition coefficient (Wildman–Crippen LogP) is 1.12. The van der Waals surface area contributed by atoms with Crippen LogP contribution < -0.4 is 16.4 Å². The van der Waals surface area contributed by atoms with Crippen molar-refractivity contribution in [1.29, 1.82) is 0 Å². The minimum Gasteiger partial charge on any atom is -0.352 e. The van der Waals surface area contributed by atoms with E-state index in [-0.39, 0.29) is 24.4 Å². The lowest BCUT2D eigenvalue weighted by Crippen LogP contribution is -2.47. The van der Waals surface area contributed by atoms with Crippen molar-refractivity contribution in [2.24, 2.45) is 5.73 Å². The minimum atomic E-state index is -0.634. The van der Waals surface area contributed by atoms with Crippen LogP contribution in [0.4, 0.5) is 0 Å². The van der Waals surface area contributed by atoms with Gasteiger partial charge in [-0.25, -0.2) is 0 Å². The van der Waals surface area contributed by atoms with Crippen molar-refractivity contribution in [2.75, 3.05) is 6.54 Å². The molecule has 0 unspecified atom stereocenters. The number of carbonyl (C=O) groups is 2. The van der Waals surface area contributed by atoms with E-state index < -0.39 is 6.04 Å². The molecule has 22 heavy (non-hydrogen) atoms. The molecule has 0 spiro atoms. The third-order valence-corrected chi connectivity index (χ3v) is 4.03. The van der Waals surface area contributed by atoms with E-state index in [1.165, 1.54) is 19.3 Å². The van der Waals surface area contributed by atoms with E-state index in [4.69, 9.17) is 5.73 Å². The first kappa shape index (κ1) is 16.5. The molecule has 0 aromatic heterocycles. The number of hydrogen-bond donors (Lipinski definition) is 3. The fourth-order valence-electron chi connectivity index (χ4n) is 2.78. The Kier molecular flexibility index (Phi) is 6.40. The molecule has 1 aliphatic carbocycles. The summed E-state index contributed by atoms with van der Waals surface area (Å²) in [6, 6.07) is 9.24. The fourth-order valence-corrected chi connectivity index (χ4v) is 2.78. The van der Waals surface area contributed by atoms with Gasteiger partial charge in [0.25, 0.3) is 0 Å². The van der Waals surface area contributed by atoms with Crippen molar-refractivity contribution in [3.63, 3.8) is 0 Å². The summed E-state index contributed by atoms with van der Waals surface area (Å²) in [7, 11) is 0. The topological polar surface area (TPSA) is 84.2 Å². The normalized spacial score (nSPS) is 16.8. The van der Waals surface area contributed by atoms with Gasteiger partial charge in [0.05, 0.1) is 12.6 Å². The van der Waals surface area contributed by atoms with Crippen LogP contribution in [-0.2, 0) is 16.0 Å². The van der Waals surface area contributed by atoms with Crippen molar-refractivity contribution < 1.29 is 9.59 Å². The molecule has 2 amide bonds. The fraction of sp³-hybridized carbons (Fsp3) is 0.529. The Labute approximate surface area is 131 Å². The second kappa shape index (κ2) is 8.54. The van der Waals surface area contributed by atoms with Gasteiger partial charge in [-0.1, -0.05) is 49.6 Å². The molecule has 2 rings (SSSR count). The lowest BCUT2D eigenvalue weighted by molar-refractivity contribution is -0.127. The van der Waals surface area contributed by atoms with Crippen LogP contribution >= 0.6 is 0 Å². The molecular formula is C17H25N3O2. The summed E-state index contributed by atoms with van der Waals surface area (Å²) in [5.41, 5.74) is 6.89. The van der Waals surface area contributed by atoms with E-state index in [0.717, 1.165) is 18.4 Å². The number of hydrogen-bond acceptors (Lipinski definition) is 3. The molecule has 120 valence electrons. The van der Waals surface area contributed by atoms with Crippen molar-refractivity contribution in [2.45, 2.75) is 50.6 Å². The van der Waals surface area contributed by atoms with Gasteiger partial charge >= 0.3 is 0 Å². The number of nitrogens with two attached hydrogens (primary N) is 1. The SMILES string of the molecule is N[C@@H](Cc1ccccc1)C(=O)NCC(=O)NC1CCCCC1. The van der Waals surface area contributed by atoms with Crippen LogP contribution in [0.15, 0.2) is 30.3 Å². The van der Waals surface area contributed by atoms with Gasteiger partial charge in [-0.2, -0.15) is 0 Å². The third-order valence-electron chi connectivity index (χ3n) is 4.03. The standard InChI is InChI=1S/C17H25N3O2/c18-15(11-13-7-3-1-4-8-13)17(22)19-12-16(21)20-14-9-5-2-6-10-14/h1,3-4,7-8,14-15H,2,5-6,9-12,18H2,(H,19,22)(H,20,21)/t15-/m0/s1. The molecule has 1 aromatic carbocycles. The zero-order chi connectivity index (χ0) is 15.8. The summed E-state index contributed by atoms with van der Waals surface area (Å²) >= 11 is 0. The van der Waals surface area contributed by atoms with Gasteiger partial charge < -0.3 is 16.4 Å². The van der Waals surface area contributed by atoms with Crippen LogP contribution in [-0.4, -0.2) is 30.4 Å². The summed E-state index contributed by atoms with van der Waals surface area (Å²) in [6.45, 7) is -0.00216. The molecule has 0 heterocycles. The Hall–Kier alpha value is -1.88. The molecule has 1 aromatic rings. The first-order valence-electron chi connectivity index (χ1n) is 8.02. The Morgan fingerprint density at radius 1 is 1.14 bits per heavy atom. The van der Waals surface area contributed by atoms with Crippen LogP contribution in [0.3, 0.4) is 0 Å². The maximum absolute atomic E-state index is 11.9. The van der Waals surface area contributed by atoms with Gasteiger partial charge in [0, 0.05) is 6.04 Å². The number of benzene rings is 1. The lowest BCUT2D eigenvalue weighted by Gasteiger charge is -2.23. The molecule has 5 nitrogen and oxygen atoms in total. The summed E-state index contributed by atoms with van der Waals surface area (Å²) in [6.07, 6.45) is 6.12. The van der Waals surface area contributed by atoms with Crippen LogP contribution in [0.5, 0.6) is 0 Å². The van der Waals surface area contributed by atoms with Gasteiger partial charge in [0.1, 0.15) is 0 Å². The maximum Gasteiger partial charge on any atom is 0.239 e. The largest absolute Gasteiger partial charge is 0.352 e. The Morgan fingerprint density at radius 3 is 2.50 bits per heavy atom. The lowest BCUT2D eigenvalue weighted by atomic mass is 9.95. The van der Waals surface area contributed by atoms with Crippen molar-refractivity contribution in [3.8, 4) is 0 Å². The van der Waals surface area contributed by atoms with Crippen molar-refractivity contribution in [1.82, 2.24) is 10.6 Å². The molecular weight excluding hydrogens is 278 g/mol. The Morgan fingerprint density at radius 2 is 1.82 bits per heavy atom. The summed E-state index contributed by atoms with van der Waals surface area (Å²) < 4.78 is 0. The van der Waals surface area contributed by atoms with Gasteiger partial charge in [-0.3, -0.25) is 9.59 Å². The molecule has 1 saturated carbocycles. The third kappa shape index (κ3) is 5.48. The Bertz CT molecular complexity index is 484. The summed E-state index contributed by atoms with van der Waals surface area (Å²) in [5.74, 6) is -0.421. The van der Waals surface area contributed by atoms with Crippen molar-refractivity contribution >= 4 is 11.8 Å². The molecule has 0 bridgehead atoms. The second-order valence-corrected chi connectivity index (χ2v) is 5.92. The van der Waals surface area contributed by atoms with Crippen LogP contribution in [0.2, 0.25) is 0 Å². The zero-order valence-electron chi connectivity index (χ0n) is 12.9. The van der Waals surface area contributed by atoms with Crippen LogP contribution in [0.1, 0.15) is 37.7 Å². The Balaban J connectivity index is 1.68. The van der Waals surface area contributed by atoms with Gasteiger partial charge in [-0.05, 0) is 24.8 Å². The first-order valence-corrected chi connectivity index (χ1v) is 8.02. The highest BCUT2D eigenvalue weighted by molar-refractivity contribution is 5.87. The second-order valence-electron chi connectivity index (χ2n) is 5.92. The predicted molar refractivity (Wildman–Crippen MR) is 86.1 cm³/mol. The van der Waals surface area contributed by atoms with E-state index in [0.29, 0.717) is 6.42 Å². The highest BCUT2D eigenvalue weighted by Crippen LogP contribution is 2.17.